The van der Waals surface area contributed by atoms with Crippen LogP contribution in [0.15, 0.2) is 29.8 Å². The van der Waals surface area contributed by atoms with Crippen LogP contribution in [0.25, 0.3) is 0 Å². The van der Waals surface area contributed by atoms with E-state index in [1.807, 2.05) is 6.07 Å². The highest BCUT2D eigenvalue weighted by Crippen LogP contribution is 2.29. The first kappa shape index (κ1) is 11.3. The first-order valence-electron chi connectivity index (χ1n) is 5.89. The van der Waals surface area contributed by atoms with Crippen molar-refractivity contribution in [3.8, 4) is 0 Å². The molecule has 1 atom stereocenters. The smallest absolute Gasteiger partial charge is 0.131 e. The second-order valence-corrected chi connectivity index (χ2v) is 4.48. The van der Waals surface area contributed by atoms with Crippen LogP contribution in [0.3, 0.4) is 0 Å². The maximum Gasteiger partial charge on any atom is 0.131 e. The summed E-state index contributed by atoms with van der Waals surface area (Å²) in [5, 5.41) is 0. The van der Waals surface area contributed by atoms with E-state index in [4.69, 9.17) is 5.73 Å². The van der Waals surface area contributed by atoms with Crippen LogP contribution >= 0.6 is 0 Å². The summed E-state index contributed by atoms with van der Waals surface area (Å²) in [4.78, 5) is 0. The lowest BCUT2D eigenvalue weighted by Gasteiger charge is -2.20. The maximum absolute atomic E-state index is 13.9. The fraction of sp³-hybridized carbons (Fsp3) is 0.429. The third-order valence-corrected chi connectivity index (χ3v) is 3.28. The summed E-state index contributed by atoms with van der Waals surface area (Å²) in [6.45, 7) is 1.78. The van der Waals surface area contributed by atoms with Gasteiger partial charge in [-0.25, -0.2) is 4.39 Å². The van der Waals surface area contributed by atoms with E-state index in [0.717, 1.165) is 12.8 Å². The molecule has 1 aliphatic rings. The minimum Gasteiger partial charge on any atom is -0.320 e. The quantitative estimate of drug-likeness (QED) is 0.755. The van der Waals surface area contributed by atoms with E-state index in [1.165, 1.54) is 18.4 Å². The average Bonchev–Trinajstić information content (AvgIpc) is 2.33. The molecule has 1 aromatic rings. The highest BCUT2D eigenvalue weighted by Gasteiger charge is 2.17. The van der Waals surface area contributed by atoms with Gasteiger partial charge in [0.2, 0.25) is 0 Å². The summed E-state index contributed by atoms with van der Waals surface area (Å²) in [6.07, 6.45) is 6.67. The summed E-state index contributed by atoms with van der Waals surface area (Å²) >= 11 is 0. The molecule has 1 nitrogen and oxygen atoms in total. The summed E-state index contributed by atoms with van der Waals surface area (Å²) in [6, 6.07) is 5.18. The topological polar surface area (TPSA) is 26.0 Å². The Morgan fingerprint density at radius 3 is 2.81 bits per heavy atom. The Hall–Kier alpha value is -1.15. The molecule has 0 bridgehead atoms. The molecule has 2 heteroatoms. The molecule has 2 N–H and O–H groups in total. The number of allylic oxidation sites excluding steroid dienone is 1. The van der Waals surface area contributed by atoms with Crippen molar-refractivity contribution >= 4 is 0 Å². The fourth-order valence-corrected chi connectivity index (χ4v) is 2.26. The van der Waals surface area contributed by atoms with Crippen molar-refractivity contribution in [3.05, 3.63) is 46.8 Å². The Kier molecular flexibility index (Phi) is 3.39. The van der Waals surface area contributed by atoms with Crippen LogP contribution < -0.4 is 5.73 Å². The minimum atomic E-state index is -0.264. The van der Waals surface area contributed by atoms with Crippen molar-refractivity contribution < 1.29 is 4.39 Å². The Bertz CT molecular complexity index is 409. The lowest BCUT2D eigenvalue weighted by atomic mass is 9.89. The number of nitrogens with two attached hydrogens (primary N) is 1. The molecule has 2 rings (SSSR count). The van der Waals surface area contributed by atoms with Crippen LogP contribution in [-0.4, -0.2) is 0 Å². The second kappa shape index (κ2) is 4.79. The molecule has 0 radical (unpaired) electrons. The number of hydrogen-bond acceptors (Lipinski definition) is 1. The predicted molar refractivity (Wildman–Crippen MR) is 64.6 cm³/mol. The number of aryl methyl sites for hydroxylation is 1. The van der Waals surface area contributed by atoms with Crippen LogP contribution in [0, 0.1) is 12.7 Å². The molecule has 0 spiro atoms. The van der Waals surface area contributed by atoms with Gasteiger partial charge in [0.05, 0.1) is 6.04 Å². The van der Waals surface area contributed by atoms with Gasteiger partial charge in [-0.1, -0.05) is 29.8 Å². The standard InChI is InChI=1S/C14H18FN/c1-10-6-5-9-12(13(10)15)14(16)11-7-3-2-4-8-11/h5-7,9,14H,2-4,8,16H2,1H3. The van der Waals surface area contributed by atoms with Crippen LogP contribution in [0.1, 0.15) is 42.9 Å². The zero-order valence-electron chi connectivity index (χ0n) is 9.67. The van der Waals surface area contributed by atoms with Crippen molar-refractivity contribution in [2.24, 2.45) is 5.73 Å². The minimum absolute atomic E-state index is 0.151. The van der Waals surface area contributed by atoms with E-state index >= 15 is 0 Å². The van der Waals surface area contributed by atoms with E-state index in [-0.39, 0.29) is 11.9 Å². The van der Waals surface area contributed by atoms with Gasteiger partial charge in [-0.3, -0.25) is 0 Å². The van der Waals surface area contributed by atoms with Gasteiger partial charge in [0, 0.05) is 5.56 Å². The molecule has 1 aliphatic carbocycles. The van der Waals surface area contributed by atoms with E-state index in [1.54, 1.807) is 19.1 Å². The summed E-state index contributed by atoms with van der Waals surface area (Å²) < 4.78 is 13.9. The number of benzene rings is 1. The van der Waals surface area contributed by atoms with Crippen molar-refractivity contribution in [2.75, 3.05) is 0 Å². The molecule has 0 heterocycles. The fourth-order valence-electron chi connectivity index (χ4n) is 2.26. The molecule has 0 aliphatic heterocycles. The lowest BCUT2D eigenvalue weighted by molar-refractivity contribution is 0.576. The largest absolute Gasteiger partial charge is 0.320 e. The number of halogens is 1. The van der Waals surface area contributed by atoms with Crippen LogP contribution in [0.5, 0.6) is 0 Å². The van der Waals surface area contributed by atoms with E-state index in [2.05, 4.69) is 6.08 Å². The van der Waals surface area contributed by atoms with Gasteiger partial charge in [-0.05, 0) is 38.2 Å². The molecule has 16 heavy (non-hydrogen) atoms. The number of hydrogen-bond donors (Lipinski definition) is 1. The first-order valence-corrected chi connectivity index (χ1v) is 5.89. The maximum atomic E-state index is 13.9. The van der Waals surface area contributed by atoms with Crippen LogP contribution in [0.4, 0.5) is 4.39 Å². The van der Waals surface area contributed by atoms with Gasteiger partial charge in [-0.2, -0.15) is 0 Å². The summed E-state index contributed by atoms with van der Waals surface area (Å²) in [7, 11) is 0. The average molecular weight is 219 g/mol. The molecule has 86 valence electrons. The predicted octanol–water partition coefficient (Wildman–Crippen LogP) is 3.63. The third-order valence-electron chi connectivity index (χ3n) is 3.28. The molecule has 0 saturated carbocycles. The molecule has 0 saturated heterocycles. The zero-order valence-corrected chi connectivity index (χ0v) is 9.67. The van der Waals surface area contributed by atoms with E-state index < -0.39 is 0 Å². The van der Waals surface area contributed by atoms with Gasteiger partial charge in [0.15, 0.2) is 0 Å². The molecular weight excluding hydrogens is 201 g/mol. The molecule has 1 unspecified atom stereocenters. The molecular formula is C14H18FN. The zero-order chi connectivity index (χ0) is 11.5. The second-order valence-electron chi connectivity index (χ2n) is 4.48. The Morgan fingerprint density at radius 1 is 1.31 bits per heavy atom. The van der Waals surface area contributed by atoms with E-state index in [0.29, 0.717) is 11.1 Å². The van der Waals surface area contributed by atoms with Gasteiger partial charge in [0.1, 0.15) is 5.82 Å². The molecule has 0 amide bonds. The third kappa shape index (κ3) is 2.17. The normalized spacial score (nSPS) is 18.1. The van der Waals surface area contributed by atoms with Gasteiger partial charge < -0.3 is 5.73 Å². The summed E-state index contributed by atoms with van der Waals surface area (Å²) in [5.41, 5.74) is 8.62. The van der Waals surface area contributed by atoms with Gasteiger partial charge >= 0.3 is 0 Å². The Balaban J connectivity index is 2.29. The summed E-state index contributed by atoms with van der Waals surface area (Å²) in [5.74, 6) is -0.151. The Morgan fingerprint density at radius 2 is 2.12 bits per heavy atom. The Labute approximate surface area is 96.2 Å². The van der Waals surface area contributed by atoms with E-state index in [9.17, 15) is 4.39 Å². The monoisotopic (exact) mass is 219 g/mol. The van der Waals surface area contributed by atoms with Crippen LogP contribution in [-0.2, 0) is 0 Å². The van der Waals surface area contributed by atoms with Gasteiger partial charge in [-0.15, -0.1) is 0 Å². The molecule has 0 aromatic heterocycles. The van der Waals surface area contributed by atoms with Crippen LogP contribution in [0.2, 0.25) is 0 Å². The molecule has 0 fully saturated rings. The highest BCUT2D eigenvalue weighted by atomic mass is 19.1. The highest BCUT2D eigenvalue weighted by molar-refractivity contribution is 5.33. The van der Waals surface area contributed by atoms with Crippen molar-refractivity contribution in [2.45, 2.75) is 38.6 Å². The van der Waals surface area contributed by atoms with Crippen molar-refractivity contribution in [3.63, 3.8) is 0 Å². The van der Waals surface area contributed by atoms with Crippen molar-refractivity contribution in [1.82, 2.24) is 0 Å². The van der Waals surface area contributed by atoms with Crippen molar-refractivity contribution in [1.29, 1.82) is 0 Å². The SMILES string of the molecule is Cc1cccc(C(N)C2=CCCCC2)c1F. The van der Waals surface area contributed by atoms with Gasteiger partial charge in [0.25, 0.3) is 0 Å². The first-order chi connectivity index (χ1) is 7.70. The number of rotatable bonds is 2. The lowest BCUT2D eigenvalue weighted by Crippen LogP contribution is -2.16. The molecule has 1 aromatic carbocycles.